The normalized spacial score (nSPS) is 11.0. The van der Waals surface area contributed by atoms with Crippen molar-refractivity contribution in [3.63, 3.8) is 0 Å². The van der Waals surface area contributed by atoms with E-state index < -0.39 is 0 Å². The van der Waals surface area contributed by atoms with Gasteiger partial charge in [0.1, 0.15) is 11.6 Å². The summed E-state index contributed by atoms with van der Waals surface area (Å²) in [6.45, 7) is 1.17. The maximum Gasteiger partial charge on any atom is 0.176 e. The van der Waals surface area contributed by atoms with Crippen molar-refractivity contribution in [3.05, 3.63) is 65.7 Å². The van der Waals surface area contributed by atoms with Crippen LogP contribution in [0.4, 0.5) is 4.39 Å². The van der Waals surface area contributed by atoms with Gasteiger partial charge in [0.2, 0.25) is 0 Å². The van der Waals surface area contributed by atoms with Gasteiger partial charge in [-0.25, -0.2) is 4.39 Å². The highest BCUT2D eigenvalue weighted by Gasteiger charge is 2.08. The first-order valence-corrected chi connectivity index (χ1v) is 6.77. The van der Waals surface area contributed by atoms with Crippen molar-refractivity contribution in [3.8, 4) is 5.75 Å². The average Bonchev–Trinajstić information content (AvgIpc) is 2.90. The second kappa shape index (κ2) is 5.97. The van der Waals surface area contributed by atoms with Crippen LogP contribution in [0.1, 0.15) is 11.3 Å². The van der Waals surface area contributed by atoms with E-state index in [4.69, 9.17) is 9.15 Å². The van der Waals surface area contributed by atoms with E-state index >= 15 is 0 Å². The number of rotatable bonds is 5. The van der Waals surface area contributed by atoms with Gasteiger partial charge in [-0.1, -0.05) is 24.3 Å². The van der Waals surface area contributed by atoms with Crippen molar-refractivity contribution < 1.29 is 13.5 Å². The number of methoxy groups -OCH3 is 1. The van der Waals surface area contributed by atoms with Crippen LogP contribution in [-0.4, -0.2) is 7.11 Å². The lowest BCUT2D eigenvalue weighted by Gasteiger charge is -2.03. The first kappa shape index (κ1) is 13.6. The summed E-state index contributed by atoms with van der Waals surface area (Å²) >= 11 is 0. The molecule has 1 heterocycles. The average molecular weight is 285 g/mol. The minimum atomic E-state index is -0.220. The molecule has 0 radical (unpaired) electrons. The summed E-state index contributed by atoms with van der Waals surface area (Å²) in [6, 6.07) is 14.3. The second-order valence-corrected chi connectivity index (χ2v) is 4.82. The van der Waals surface area contributed by atoms with Crippen LogP contribution < -0.4 is 10.1 Å². The molecule has 0 saturated heterocycles. The maximum atomic E-state index is 13.1. The van der Waals surface area contributed by atoms with E-state index in [1.807, 2.05) is 30.3 Å². The van der Waals surface area contributed by atoms with E-state index in [1.54, 1.807) is 13.2 Å². The molecule has 0 aliphatic heterocycles. The zero-order valence-electron chi connectivity index (χ0n) is 11.7. The number of nitrogens with one attached hydrogen (secondary N) is 1. The van der Waals surface area contributed by atoms with E-state index in [-0.39, 0.29) is 5.82 Å². The van der Waals surface area contributed by atoms with Crippen molar-refractivity contribution in [2.75, 3.05) is 7.11 Å². The summed E-state index contributed by atoms with van der Waals surface area (Å²) in [5.74, 6) is 1.33. The van der Waals surface area contributed by atoms with Crippen molar-refractivity contribution in [2.24, 2.45) is 0 Å². The molecule has 0 amide bonds. The van der Waals surface area contributed by atoms with Crippen LogP contribution in [0.5, 0.6) is 5.75 Å². The Hall–Kier alpha value is -2.33. The SMILES string of the molecule is COc1cccc2cc(CNCc3cccc(F)c3)oc12. The van der Waals surface area contributed by atoms with Gasteiger partial charge >= 0.3 is 0 Å². The first-order chi connectivity index (χ1) is 10.3. The van der Waals surface area contributed by atoms with Crippen LogP contribution in [0.25, 0.3) is 11.0 Å². The van der Waals surface area contributed by atoms with Gasteiger partial charge in [-0.2, -0.15) is 0 Å². The highest BCUT2D eigenvalue weighted by Crippen LogP contribution is 2.28. The Kier molecular flexibility index (Phi) is 3.88. The van der Waals surface area contributed by atoms with Crippen molar-refractivity contribution in [1.29, 1.82) is 0 Å². The molecule has 1 aromatic heterocycles. The Morgan fingerprint density at radius 2 is 1.95 bits per heavy atom. The monoisotopic (exact) mass is 285 g/mol. The molecule has 1 N–H and O–H groups in total. The number of ether oxygens (including phenoxy) is 1. The lowest BCUT2D eigenvalue weighted by molar-refractivity contribution is 0.406. The van der Waals surface area contributed by atoms with Crippen molar-refractivity contribution in [1.82, 2.24) is 5.32 Å². The number of fused-ring (bicyclic) bond motifs is 1. The molecule has 21 heavy (non-hydrogen) atoms. The Morgan fingerprint density at radius 1 is 1.10 bits per heavy atom. The van der Waals surface area contributed by atoms with E-state index in [1.165, 1.54) is 12.1 Å². The number of halogens is 1. The largest absolute Gasteiger partial charge is 0.493 e. The van der Waals surface area contributed by atoms with E-state index in [0.717, 1.165) is 28.0 Å². The summed E-state index contributed by atoms with van der Waals surface area (Å²) in [7, 11) is 1.62. The molecule has 0 saturated carbocycles. The van der Waals surface area contributed by atoms with E-state index in [9.17, 15) is 4.39 Å². The molecule has 3 aromatic rings. The van der Waals surface area contributed by atoms with Crippen molar-refractivity contribution >= 4 is 11.0 Å². The highest BCUT2D eigenvalue weighted by molar-refractivity contribution is 5.83. The molecule has 0 fully saturated rings. The predicted octanol–water partition coefficient (Wildman–Crippen LogP) is 3.87. The molecule has 0 aliphatic carbocycles. The summed E-state index contributed by atoms with van der Waals surface area (Å²) < 4.78 is 24.1. The lowest BCUT2D eigenvalue weighted by atomic mass is 10.2. The molecule has 3 nitrogen and oxygen atoms in total. The summed E-state index contributed by atoms with van der Waals surface area (Å²) in [5, 5.41) is 4.25. The number of para-hydroxylation sites is 1. The molecule has 2 aromatic carbocycles. The van der Waals surface area contributed by atoms with Crippen molar-refractivity contribution in [2.45, 2.75) is 13.1 Å². The molecule has 4 heteroatoms. The Labute approximate surface area is 122 Å². The van der Waals surface area contributed by atoms with Gasteiger partial charge in [0.25, 0.3) is 0 Å². The third kappa shape index (κ3) is 3.06. The van der Waals surface area contributed by atoms with Gasteiger partial charge in [-0.3, -0.25) is 0 Å². The smallest absolute Gasteiger partial charge is 0.176 e. The van der Waals surface area contributed by atoms with E-state index in [0.29, 0.717) is 13.1 Å². The lowest BCUT2D eigenvalue weighted by Crippen LogP contribution is -2.12. The molecule has 3 rings (SSSR count). The van der Waals surface area contributed by atoms with Crippen LogP contribution >= 0.6 is 0 Å². The zero-order chi connectivity index (χ0) is 14.7. The Balaban J connectivity index is 1.68. The number of hydrogen-bond donors (Lipinski definition) is 1. The van der Waals surface area contributed by atoms with Crippen LogP contribution in [0, 0.1) is 5.82 Å². The third-order valence-corrected chi connectivity index (χ3v) is 3.30. The molecular weight excluding hydrogens is 269 g/mol. The molecule has 0 unspecified atom stereocenters. The van der Waals surface area contributed by atoms with E-state index in [2.05, 4.69) is 5.32 Å². The molecular formula is C17H16FNO2. The fourth-order valence-electron chi connectivity index (χ4n) is 2.31. The topological polar surface area (TPSA) is 34.4 Å². The van der Waals surface area contributed by atoms with Crippen LogP contribution in [0.3, 0.4) is 0 Å². The van der Waals surface area contributed by atoms with Gasteiger partial charge in [0.05, 0.1) is 13.7 Å². The Bertz CT molecular complexity index is 751. The predicted molar refractivity (Wildman–Crippen MR) is 79.7 cm³/mol. The van der Waals surface area contributed by atoms with Crippen LogP contribution in [0.15, 0.2) is 52.9 Å². The summed E-state index contributed by atoms with van der Waals surface area (Å²) in [4.78, 5) is 0. The zero-order valence-corrected chi connectivity index (χ0v) is 11.7. The number of furan rings is 1. The van der Waals surface area contributed by atoms with Gasteiger partial charge in [-0.05, 0) is 29.8 Å². The number of benzene rings is 2. The van der Waals surface area contributed by atoms with Gasteiger partial charge in [0.15, 0.2) is 11.3 Å². The third-order valence-electron chi connectivity index (χ3n) is 3.30. The first-order valence-electron chi connectivity index (χ1n) is 6.77. The Morgan fingerprint density at radius 3 is 2.76 bits per heavy atom. The molecule has 0 atom stereocenters. The molecule has 0 spiro atoms. The maximum absolute atomic E-state index is 13.1. The molecule has 0 aliphatic rings. The van der Waals surface area contributed by atoms with Crippen LogP contribution in [0.2, 0.25) is 0 Å². The highest BCUT2D eigenvalue weighted by atomic mass is 19.1. The summed E-state index contributed by atoms with van der Waals surface area (Å²) in [5.41, 5.74) is 1.66. The molecule has 108 valence electrons. The standard InChI is InChI=1S/C17H16FNO2/c1-20-16-7-3-5-13-9-15(21-17(13)16)11-19-10-12-4-2-6-14(18)8-12/h2-9,19H,10-11H2,1H3. The minimum Gasteiger partial charge on any atom is -0.493 e. The second-order valence-electron chi connectivity index (χ2n) is 4.82. The fourth-order valence-corrected chi connectivity index (χ4v) is 2.31. The molecule has 0 bridgehead atoms. The number of hydrogen-bond acceptors (Lipinski definition) is 3. The summed E-state index contributed by atoms with van der Waals surface area (Å²) in [6.07, 6.45) is 0. The van der Waals surface area contributed by atoms with Gasteiger partial charge in [-0.15, -0.1) is 0 Å². The van der Waals surface area contributed by atoms with Gasteiger partial charge in [0, 0.05) is 11.9 Å². The fraction of sp³-hybridized carbons (Fsp3) is 0.176. The quantitative estimate of drug-likeness (QED) is 0.772. The van der Waals surface area contributed by atoms with Gasteiger partial charge < -0.3 is 14.5 Å². The van der Waals surface area contributed by atoms with Crippen LogP contribution in [-0.2, 0) is 13.1 Å². The minimum absolute atomic E-state index is 0.220.